The molecular formula is C20H12F5NO8. The molecule has 0 saturated heterocycles. The Morgan fingerprint density at radius 3 is 2.12 bits per heavy atom. The van der Waals surface area contributed by atoms with Gasteiger partial charge in [0.25, 0.3) is 5.91 Å². The Bertz CT molecular complexity index is 1190. The molecule has 2 atom stereocenters. The number of hydrogen-bond donors (Lipinski definition) is 4. The average Bonchev–Trinajstić information content (AvgIpc) is 3.07. The van der Waals surface area contributed by atoms with Crippen molar-refractivity contribution in [2.45, 2.75) is 18.8 Å². The molecule has 34 heavy (non-hydrogen) atoms. The Morgan fingerprint density at radius 2 is 1.59 bits per heavy atom. The van der Waals surface area contributed by atoms with Gasteiger partial charge in [-0.3, -0.25) is 4.79 Å². The van der Waals surface area contributed by atoms with Crippen molar-refractivity contribution in [2.24, 2.45) is 0 Å². The lowest BCUT2D eigenvalue weighted by Gasteiger charge is -2.13. The lowest BCUT2D eigenvalue weighted by molar-refractivity contribution is -0.274. The number of aliphatic hydroxyl groups excluding tert-OH is 1. The number of halogens is 5. The summed E-state index contributed by atoms with van der Waals surface area (Å²) in [4.78, 5) is 35.0. The molecule has 0 aromatic heterocycles. The fourth-order valence-corrected chi connectivity index (χ4v) is 3.10. The quantitative estimate of drug-likeness (QED) is 0.454. The zero-order valence-corrected chi connectivity index (χ0v) is 16.4. The van der Waals surface area contributed by atoms with Crippen LogP contribution in [0.4, 0.5) is 27.6 Å². The van der Waals surface area contributed by atoms with Crippen molar-refractivity contribution in [3.63, 3.8) is 0 Å². The first kappa shape index (κ1) is 24.6. The molecule has 0 fully saturated rings. The molecule has 1 aliphatic rings. The van der Waals surface area contributed by atoms with Gasteiger partial charge in [0, 0.05) is 0 Å². The predicted octanol–water partition coefficient (Wildman–Crippen LogP) is 2.65. The maximum atomic E-state index is 14.6. The number of carbonyl (C=O) groups is 3. The molecule has 2 unspecified atom stereocenters. The maximum Gasteiger partial charge on any atom is 0.573 e. The van der Waals surface area contributed by atoms with Gasteiger partial charge in [-0.25, -0.2) is 18.4 Å². The summed E-state index contributed by atoms with van der Waals surface area (Å²) in [5.74, 6) is -8.83. The molecule has 4 N–H and O–H groups in total. The van der Waals surface area contributed by atoms with Crippen molar-refractivity contribution in [3.05, 3.63) is 59.2 Å². The third-order valence-electron chi connectivity index (χ3n) is 4.45. The normalized spacial score (nSPS) is 18.1. The Morgan fingerprint density at radius 1 is 0.971 bits per heavy atom. The number of ether oxygens (including phenoxy) is 2. The van der Waals surface area contributed by atoms with Crippen LogP contribution in [0.15, 0.2) is 47.5 Å². The number of anilines is 1. The molecule has 180 valence electrons. The van der Waals surface area contributed by atoms with E-state index in [-0.39, 0.29) is 11.1 Å². The molecule has 2 aromatic carbocycles. The van der Waals surface area contributed by atoms with E-state index in [1.54, 1.807) is 5.32 Å². The molecule has 0 saturated carbocycles. The predicted molar refractivity (Wildman–Crippen MR) is 100 cm³/mol. The Kier molecular flexibility index (Phi) is 6.56. The van der Waals surface area contributed by atoms with Gasteiger partial charge >= 0.3 is 18.3 Å². The van der Waals surface area contributed by atoms with Gasteiger partial charge in [-0.05, 0) is 35.4 Å². The molecule has 0 spiro atoms. The summed E-state index contributed by atoms with van der Waals surface area (Å²) >= 11 is 0. The number of amides is 1. The second-order valence-corrected chi connectivity index (χ2v) is 6.68. The molecule has 1 aliphatic heterocycles. The molecule has 1 heterocycles. The smallest absolute Gasteiger partial charge is 0.479 e. The van der Waals surface area contributed by atoms with Crippen molar-refractivity contribution < 1.29 is 61.1 Å². The Labute approximate surface area is 185 Å². The molecular weight excluding hydrogens is 477 g/mol. The van der Waals surface area contributed by atoms with Crippen LogP contribution in [0.1, 0.15) is 0 Å². The van der Waals surface area contributed by atoms with Gasteiger partial charge in [-0.2, -0.15) is 0 Å². The van der Waals surface area contributed by atoms with Crippen LogP contribution in [0.25, 0.3) is 11.1 Å². The van der Waals surface area contributed by atoms with Gasteiger partial charge in [0.15, 0.2) is 12.4 Å². The number of rotatable bonds is 6. The minimum atomic E-state index is -5.00. The highest BCUT2D eigenvalue weighted by Crippen LogP contribution is 2.33. The number of aliphatic hydroxyl groups is 1. The van der Waals surface area contributed by atoms with Gasteiger partial charge in [0.2, 0.25) is 0 Å². The van der Waals surface area contributed by atoms with E-state index in [2.05, 4.69) is 9.47 Å². The second-order valence-electron chi connectivity index (χ2n) is 6.68. The number of nitrogens with one attached hydrogen (secondary N) is 1. The summed E-state index contributed by atoms with van der Waals surface area (Å²) in [5.41, 5.74) is -3.66. The fourth-order valence-electron chi connectivity index (χ4n) is 3.10. The highest BCUT2D eigenvalue weighted by Gasteiger charge is 2.45. The maximum absolute atomic E-state index is 14.6. The van der Waals surface area contributed by atoms with Gasteiger partial charge < -0.3 is 30.1 Å². The zero-order chi connectivity index (χ0) is 25.4. The van der Waals surface area contributed by atoms with E-state index in [1.165, 1.54) is 6.07 Å². The fraction of sp³-hybridized carbons (Fsp3) is 0.150. The largest absolute Gasteiger partial charge is 0.573 e. The van der Waals surface area contributed by atoms with Gasteiger partial charge in [0.1, 0.15) is 28.6 Å². The molecule has 3 rings (SSSR count). The monoisotopic (exact) mass is 489 g/mol. The van der Waals surface area contributed by atoms with Crippen LogP contribution in [0, 0.1) is 11.6 Å². The molecule has 0 radical (unpaired) electrons. The van der Waals surface area contributed by atoms with Crippen LogP contribution < -0.4 is 10.1 Å². The lowest BCUT2D eigenvalue weighted by Crippen LogP contribution is -2.30. The number of carbonyl (C=O) groups excluding carboxylic acids is 1. The molecule has 9 nitrogen and oxygen atoms in total. The van der Waals surface area contributed by atoms with Gasteiger partial charge in [0.05, 0.1) is 5.57 Å². The highest BCUT2D eigenvalue weighted by atomic mass is 19.4. The van der Waals surface area contributed by atoms with E-state index in [4.69, 9.17) is 10.2 Å². The minimum absolute atomic E-state index is 0.0773. The standard InChI is InChI=1S/C20H12F5NO8/c21-10-5-8(7-2-1-3-9(4-7)34-20(23,24)25)6-11(22)14(10)26-16(27)12-13(17(28)29)19(32)33-15(12)18(30)31/h1-6,15,19,32H,(H,26,27)(H,28,29)(H,30,31). The number of hydrogen-bond acceptors (Lipinski definition) is 6. The van der Waals surface area contributed by atoms with Crippen molar-refractivity contribution in [1.29, 1.82) is 0 Å². The number of benzene rings is 2. The van der Waals surface area contributed by atoms with Crippen LogP contribution in [-0.2, 0) is 19.1 Å². The number of alkyl halides is 3. The Hall–Kier alpha value is -4.04. The van der Waals surface area contributed by atoms with Crippen LogP contribution in [0.2, 0.25) is 0 Å². The van der Waals surface area contributed by atoms with Crippen molar-refractivity contribution in [1.82, 2.24) is 0 Å². The minimum Gasteiger partial charge on any atom is -0.479 e. The molecule has 0 aliphatic carbocycles. The SMILES string of the molecule is O=C(O)C1=C(C(=O)Nc2c(F)cc(-c3cccc(OC(F)(F)F)c3)cc2F)C(C(=O)O)OC1O. The second kappa shape index (κ2) is 9.07. The molecule has 14 heteroatoms. The van der Waals surface area contributed by atoms with Gasteiger partial charge in [-0.1, -0.05) is 12.1 Å². The summed E-state index contributed by atoms with van der Waals surface area (Å²) in [6.07, 6.45) is -9.52. The number of carboxylic acid groups (broad SMARTS) is 2. The topological polar surface area (TPSA) is 142 Å². The summed E-state index contributed by atoms with van der Waals surface area (Å²) in [6.45, 7) is 0. The van der Waals surface area contributed by atoms with E-state index >= 15 is 0 Å². The Balaban J connectivity index is 1.95. The van der Waals surface area contributed by atoms with E-state index in [0.717, 1.165) is 18.2 Å². The number of aliphatic carboxylic acids is 2. The summed E-state index contributed by atoms with van der Waals surface area (Å²) in [5, 5.41) is 29.5. The molecule has 2 aromatic rings. The number of carboxylic acids is 2. The van der Waals surface area contributed by atoms with Gasteiger partial charge in [-0.15, -0.1) is 13.2 Å². The van der Waals surface area contributed by atoms with E-state index < -0.39 is 70.8 Å². The average molecular weight is 489 g/mol. The lowest BCUT2D eigenvalue weighted by atomic mass is 10.0. The first-order chi connectivity index (χ1) is 15.8. The first-order valence-corrected chi connectivity index (χ1v) is 8.98. The zero-order valence-electron chi connectivity index (χ0n) is 16.4. The summed E-state index contributed by atoms with van der Waals surface area (Å²) in [6, 6.07) is 5.51. The van der Waals surface area contributed by atoms with Crippen LogP contribution >= 0.6 is 0 Å². The van der Waals surface area contributed by atoms with E-state index in [1.807, 2.05) is 0 Å². The highest BCUT2D eigenvalue weighted by molar-refractivity contribution is 6.13. The molecule has 0 bridgehead atoms. The third-order valence-corrected chi connectivity index (χ3v) is 4.45. The van der Waals surface area contributed by atoms with Crippen LogP contribution in [0.5, 0.6) is 5.75 Å². The summed E-state index contributed by atoms with van der Waals surface area (Å²) in [7, 11) is 0. The summed E-state index contributed by atoms with van der Waals surface area (Å²) < 4.78 is 74.7. The van der Waals surface area contributed by atoms with Crippen LogP contribution in [-0.4, -0.2) is 51.9 Å². The van der Waals surface area contributed by atoms with Crippen molar-refractivity contribution in [3.8, 4) is 16.9 Å². The van der Waals surface area contributed by atoms with E-state index in [9.17, 15) is 41.4 Å². The van der Waals surface area contributed by atoms with Crippen molar-refractivity contribution in [2.75, 3.05) is 5.32 Å². The van der Waals surface area contributed by atoms with E-state index in [0.29, 0.717) is 12.1 Å². The third kappa shape index (κ3) is 5.13. The first-order valence-electron chi connectivity index (χ1n) is 8.98. The molecule has 1 amide bonds. The van der Waals surface area contributed by atoms with Crippen molar-refractivity contribution >= 4 is 23.5 Å². The van der Waals surface area contributed by atoms with Crippen LogP contribution in [0.3, 0.4) is 0 Å².